The van der Waals surface area contributed by atoms with E-state index < -0.39 is 0 Å². The van der Waals surface area contributed by atoms with Crippen LogP contribution in [0.2, 0.25) is 0 Å². The Morgan fingerprint density at radius 2 is 2.12 bits per heavy atom. The van der Waals surface area contributed by atoms with E-state index in [1.54, 1.807) is 11.8 Å². The number of hydrogen-bond acceptors (Lipinski definition) is 3. The molecule has 1 rings (SSSR count). The normalized spacial score (nSPS) is 20.8. The van der Waals surface area contributed by atoms with Crippen LogP contribution in [0.25, 0.3) is 0 Å². The van der Waals surface area contributed by atoms with E-state index in [1.165, 1.54) is 4.90 Å². The molecule has 0 aromatic heterocycles. The number of carbonyl (C=O) groups excluding carboxylic acids is 2. The number of urea groups is 1. The van der Waals surface area contributed by atoms with Crippen molar-refractivity contribution in [3.8, 4) is 0 Å². The minimum Gasteiger partial charge on any atom is -0.326 e. The molecule has 1 aliphatic rings. The fraction of sp³-hybridized carbons (Fsp3) is 0.818. The van der Waals surface area contributed by atoms with Crippen molar-refractivity contribution >= 4 is 23.7 Å². The van der Waals surface area contributed by atoms with Crippen LogP contribution in [0.4, 0.5) is 4.79 Å². The Hall–Kier alpha value is -0.710. The number of carbonyl (C=O) groups is 2. The van der Waals surface area contributed by atoms with Crippen molar-refractivity contribution in [2.24, 2.45) is 5.92 Å². The molecule has 1 unspecified atom stereocenters. The summed E-state index contributed by atoms with van der Waals surface area (Å²) >= 11 is 1.74. The van der Waals surface area contributed by atoms with Gasteiger partial charge in [0, 0.05) is 12.3 Å². The van der Waals surface area contributed by atoms with Crippen molar-refractivity contribution in [1.82, 2.24) is 10.2 Å². The Bertz CT molecular complexity index is 269. The topological polar surface area (TPSA) is 49.4 Å². The van der Waals surface area contributed by atoms with Gasteiger partial charge in [0.2, 0.25) is 0 Å². The Labute approximate surface area is 101 Å². The van der Waals surface area contributed by atoms with Crippen LogP contribution in [-0.2, 0) is 4.79 Å². The fourth-order valence-electron chi connectivity index (χ4n) is 1.72. The number of imide groups is 1. The molecule has 1 fully saturated rings. The second kappa shape index (κ2) is 6.13. The highest BCUT2D eigenvalue weighted by Crippen LogP contribution is 2.14. The lowest BCUT2D eigenvalue weighted by atomic mass is 10.0. The summed E-state index contributed by atoms with van der Waals surface area (Å²) in [5.41, 5.74) is 0. The summed E-state index contributed by atoms with van der Waals surface area (Å²) in [5, 5.41) is 2.74. The van der Waals surface area contributed by atoms with Gasteiger partial charge in [0.1, 0.15) is 6.04 Å². The van der Waals surface area contributed by atoms with E-state index in [0.29, 0.717) is 12.5 Å². The van der Waals surface area contributed by atoms with Crippen molar-refractivity contribution in [2.45, 2.75) is 33.2 Å². The molecule has 16 heavy (non-hydrogen) atoms. The van der Waals surface area contributed by atoms with Crippen molar-refractivity contribution in [1.29, 1.82) is 0 Å². The monoisotopic (exact) mass is 244 g/mol. The Morgan fingerprint density at radius 1 is 1.44 bits per heavy atom. The number of nitrogens with zero attached hydrogens (tertiary/aromatic N) is 1. The van der Waals surface area contributed by atoms with Gasteiger partial charge in [-0.2, -0.15) is 11.8 Å². The summed E-state index contributed by atoms with van der Waals surface area (Å²) in [4.78, 5) is 24.8. The predicted molar refractivity (Wildman–Crippen MR) is 66.5 cm³/mol. The van der Waals surface area contributed by atoms with Gasteiger partial charge in [0.25, 0.3) is 5.91 Å². The summed E-state index contributed by atoms with van der Waals surface area (Å²) in [5.74, 6) is 2.19. The molecule has 0 aromatic rings. The Kier molecular flexibility index (Phi) is 5.12. The standard InChI is InChI=1S/C11H20N2O2S/c1-4-16-6-5-13-10(14)9(7-8(2)3)12-11(13)15/h8-9H,4-7H2,1-3H3,(H,12,15). The summed E-state index contributed by atoms with van der Waals surface area (Å²) in [6.45, 7) is 6.69. The lowest BCUT2D eigenvalue weighted by Gasteiger charge is -2.13. The van der Waals surface area contributed by atoms with E-state index in [-0.39, 0.29) is 18.0 Å². The highest BCUT2D eigenvalue weighted by atomic mass is 32.2. The molecule has 0 saturated carbocycles. The van der Waals surface area contributed by atoms with Crippen LogP contribution in [0.5, 0.6) is 0 Å². The predicted octanol–water partition coefficient (Wildman–Crippen LogP) is 1.71. The van der Waals surface area contributed by atoms with Gasteiger partial charge in [-0.25, -0.2) is 4.79 Å². The van der Waals surface area contributed by atoms with Gasteiger partial charge < -0.3 is 5.32 Å². The van der Waals surface area contributed by atoms with E-state index in [2.05, 4.69) is 26.1 Å². The number of rotatable bonds is 6. The molecule has 92 valence electrons. The zero-order chi connectivity index (χ0) is 12.1. The van der Waals surface area contributed by atoms with E-state index >= 15 is 0 Å². The molecule has 1 aliphatic heterocycles. The largest absolute Gasteiger partial charge is 0.326 e. The van der Waals surface area contributed by atoms with Crippen LogP contribution in [0.1, 0.15) is 27.2 Å². The average molecular weight is 244 g/mol. The maximum atomic E-state index is 11.9. The lowest BCUT2D eigenvalue weighted by Crippen LogP contribution is -2.33. The maximum Gasteiger partial charge on any atom is 0.324 e. The van der Waals surface area contributed by atoms with Crippen LogP contribution in [0.15, 0.2) is 0 Å². The molecule has 4 nitrogen and oxygen atoms in total. The van der Waals surface area contributed by atoms with E-state index in [1.807, 2.05) is 0 Å². The van der Waals surface area contributed by atoms with Gasteiger partial charge in [-0.1, -0.05) is 20.8 Å². The maximum absolute atomic E-state index is 11.9. The quantitative estimate of drug-likeness (QED) is 0.571. The molecule has 1 N–H and O–H groups in total. The van der Waals surface area contributed by atoms with Crippen LogP contribution in [-0.4, -0.2) is 40.9 Å². The van der Waals surface area contributed by atoms with Crippen LogP contribution < -0.4 is 5.32 Å². The zero-order valence-corrected chi connectivity index (χ0v) is 11.0. The smallest absolute Gasteiger partial charge is 0.324 e. The molecule has 0 aliphatic carbocycles. The number of hydrogen-bond donors (Lipinski definition) is 1. The van der Waals surface area contributed by atoms with Crippen LogP contribution in [0, 0.1) is 5.92 Å². The summed E-state index contributed by atoms with van der Waals surface area (Å²) < 4.78 is 0. The Morgan fingerprint density at radius 3 is 2.69 bits per heavy atom. The van der Waals surface area contributed by atoms with Crippen molar-refractivity contribution in [3.05, 3.63) is 0 Å². The minimum atomic E-state index is -0.306. The second-order valence-electron chi connectivity index (χ2n) is 4.32. The summed E-state index contributed by atoms with van der Waals surface area (Å²) in [6, 6.07) is -0.536. The first kappa shape index (κ1) is 13.4. The molecular weight excluding hydrogens is 224 g/mol. The Balaban J connectivity index is 2.47. The summed E-state index contributed by atoms with van der Waals surface area (Å²) in [7, 11) is 0. The average Bonchev–Trinajstić information content (AvgIpc) is 2.45. The van der Waals surface area contributed by atoms with E-state index in [9.17, 15) is 9.59 Å². The number of nitrogens with one attached hydrogen (secondary N) is 1. The SMILES string of the molecule is CCSCCN1C(=O)NC(CC(C)C)C1=O. The van der Waals surface area contributed by atoms with Gasteiger partial charge in [0.15, 0.2) is 0 Å². The van der Waals surface area contributed by atoms with E-state index in [0.717, 1.165) is 17.9 Å². The van der Waals surface area contributed by atoms with E-state index in [4.69, 9.17) is 0 Å². The first-order valence-corrected chi connectivity index (χ1v) is 6.91. The van der Waals surface area contributed by atoms with Gasteiger partial charge in [-0.05, 0) is 18.1 Å². The minimum absolute atomic E-state index is 0.0598. The molecule has 0 radical (unpaired) electrons. The number of thioether (sulfide) groups is 1. The van der Waals surface area contributed by atoms with Gasteiger partial charge in [-0.15, -0.1) is 0 Å². The van der Waals surface area contributed by atoms with Crippen LogP contribution in [0.3, 0.4) is 0 Å². The summed E-state index contributed by atoms with van der Waals surface area (Å²) in [6.07, 6.45) is 0.724. The first-order chi connectivity index (χ1) is 7.56. The highest BCUT2D eigenvalue weighted by Gasteiger charge is 2.37. The molecule has 0 spiro atoms. The number of amides is 3. The van der Waals surface area contributed by atoms with Gasteiger partial charge in [0.05, 0.1) is 0 Å². The van der Waals surface area contributed by atoms with Crippen molar-refractivity contribution in [3.63, 3.8) is 0 Å². The molecular formula is C11H20N2O2S. The van der Waals surface area contributed by atoms with Crippen molar-refractivity contribution < 1.29 is 9.59 Å². The third-order valence-corrected chi connectivity index (χ3v) is 3.36. The molecule has 0 bridgehead atoms. The van der Waals surface area contributed by atoms with Crippen LogP contribution >= 0.6 is 11.8 Å². The molecule has 1 atom stereocenters. The van der Waals surface area contributed by atoms with Gasteiger partial charge >= 0.3 is 6.03 Å². The van der Waals surface area contributed by atoms with Crippen molar-refractivity contribution in [2.75, 3.05) is 18.1 Å². The molecule has 3 amide bonds. The molecule has 0 aromatic carbocycles. The fourth-order valence-corrected chi connectivity index (χ4v) is 2.32. The third-order valence-electron chi connectivity index (χ3n) is 2.48. The van der Waals surface area contributed by atoms with Gasteiger partial charge in [-0.3, -0.25) is 9.69 Å². The third kappa shape index (κ3) is 3.40. The molecule has 1 heterocycles. The molecule has 5 heteroatoms. The zero-order valence-electron chi connectivity index (χ0n) is 10.2. The lowest BCUT2D eigenvalue weighted by molar-refractivity contribution is -0.127. The highest BCUT2D eigenvalue weighted by molar-refractivity contribution is 7.99. The second-order valence-corrected chi connectivity index (χ2v) is 5.71. The molecule has 1 saturated heterocycles. The first-order valence-electron chi connectivity index (χ1n) is 5.75.